The molecule has 158 valence electrons. The largest absolute Gasteiger partial charge is 0.361 e. The first-order valence-electron chi connectivity index (χ1n) is 10.2. The van der Waals surface area contributed by atoms with Crippen molar-refractivity contribution in [2.75, 3.05) is 32.7 Å². The van der Waals surface area contributed by atoms with E-state index in [4.69, 9.17) is 16.1 Å². The number of likely N-dealkylation sites (tertiary alicyclic amines) is 2. The van der Waals surface area contributed by atoms with Gasteiger partial charge in [-0.2, -0.15) is 5.10 Å². The Kier molecular flexibility index (Phi) is 5.02. The van der Waals surface area contributed by atoms with Gasteiger partial charge in [-0.05, 0) is 31.7 Å². The van der Waals surface area contributed by atoms with Crippen LogP contribution in [0.3, 0.4) is 0 Å². The molecule has 2 fully saturated rings. The van der Waals surface area contributed by atoms with Gasteiger partial charge in [-0.15, -0.1) is 0 Å². The molecule has 2 saturated heterocycles. The van der Waals surface area contributed by atoms with Crippen molar-refractivity contribution in [3.63, 3.8) is 0 Å². The Morgan fingerprint density at radius 3 is 2.66 bits per heavy atom. The van der Waals surface area contributed by atoms with E-state index in [1.165, 1.54) is 11.1 Å². The number of hydrogen-bond donors (Lipinski definition) is 0. The molecule has 2 aliphatic heterocycles. The van der Waals surface area contributed by atoms with Gasteiger partial charge in [0.1, 0.15) is 27.9 Å². The lowest BCUT2D eigenvalue weighted by Crippen LogP contribution is -2.58. The lowest BCUT2D eigenvalue weighted by Gasteiger charge is -2.48. The minimum absolute atomic E-state index is 0.0660. The molecule has 1 spiro atoms. The molecule has 4 heterocycles. The highest BCUT2D eigenvalue weighted by Gasteiger charge is 2.49. The van der Waals surface area contributed by atoms with Gasteiger partial charge in [-0.3, -0.25) is 9.48 Å². The Morgan fingerprint density at radius 1 is 1.31 bits per heavy atom. The van der Waals surface area contributed by atoms with Gasteiger partial charge in [0.05, 0.1) is 0 Å². The van der Waals surface area contributed by atoms with E-state index >= 15 is 0 Å². The maximum atomic E-state index is 13.4. The van der Waals surface area contributed by atoms with Crippen molar-refractivity contribution in [3.8, 4) is 11.4 Å². The summed E-state index contributed by atoms with van der Waals surface area (Å²) in [5.74, 6) is 0.605. The number of aryl methyl sites for hydroxylation is 2. The number of halogens is 1. The van der Waals surface area contributed by atoms with E-state index in [1.807, 2.05) is 11.8 Å². The van der Waals surface area contributed by atoms with E-state index in [-0.39, 0.29) is 11.3 Å². The highest BCUT2D eigenvalue weighted by molar-refractivity contribution is 6.33. The molecule has 4 rings (SSSR count). The first-order valence-corrected chi connectivity index (χ1v) is 10.6. The molecule has 0 saturated carbocycles. The second kappa shape index (κ2) is 7.13. The molecule has 0 radical (unpaired) electrons. The first kappa shape index (κ1) is 20.4. The molecule has 2 aromatic heterocycles. The van der Waals surface area contributed by atoms with E-state index < -0.39 is 0 Å². The molecule has 8 heteroatoms. The average molecular weight is 420 g/mol. The Bertz CT molecular complexity index is 920. The zero-order valence-electron chi connectivity index (χ0n) is 18.0. The molecular formula is C21H30ClN5O2. The van der Waals surface area contributed by atoms with Gasteiger partial charge >= 0.3 is 0 Å². The molecule has 2 aromatic rings. The SMILES string of the molecule is Cc1cc(-c2nn(C)c(Cl)c2C(=O)N2CCC3(CN(CCC(C)(C)C)C3)C2)no1. The summed E-state index contributed by atoms with van der Waals surface area (Å²) in [6.07, 6.45) is 2.23. The number of carbonyl (C=O) groups excluding carboxylic acids is 1. The Hall–Kier alpha value is -1.86. The fraction of sp³-hybridized carbons (Fsp3) is 0.667. The van der Waals surface area contributed by atoms with Crippen LogP contribution in [0.15, 0.2) is 10.6 Å². The lowest BCUT2D eigenvalue weighted by atomic mass is 9.78. The zero-order chi connectivity index (χ0) is 21.0. The maximum absolute atomic E-state index is 13.4. The van der Waals surface area contributed by atoms with Crippen molar-refractivity contribution in [1.82, 2.24) is 24.7 Å². The second-order valence-electron chi connectivity index (χ2n) is 9.96. The summed E-state index contributed by atoms with van der Waals surface area (Å²) >= 11 is 6.46. The van der Waals surface area contributed by atoms with E-state index in [9.17, 15) is 4.79 Å². The van der Waals surface area contributed by atoms with E-state index in [0.717, 1.165) is 39.1 Å². The summed E-state index contributed by atoms with van der Waals surface area (Å²) in [5.41, 5.74) is 2.03. The molecule has 0 atom stereocenters. The highest BCUT2D eigenvalue weighted by Crippen LogP contribution is 2.41. The zero-order valence-corrected chi connectivity index (χ0v) is 18.7. The van der Waals surface area contributed by atoms with Crippen molar-refractivity contribution in [3.05, 3.63) is 22.5 Å². The van der Waals surface area contributed by atoms with Crippen LogP contribution in [-0.2, 0) is 7.05 Å². The van der Waals surface area contributed by atoms with Crippen molar-refractivity contribution in [2.24, 2.45) is 17.9 Å². The normalized spacial score (nSPS) is 19.2. The van der Waals surface area contributed by atoms with Gasteiger partial charge in [-0.1, -0.05) is 37.5 Å². The van der Waals surface area contributed by atoms with Crippen molar-refractivity contribution < 1.29 is 9.32 Å². The van der Waals surface area contributed by atoms with Crippen LogP contribution < -0.4 is 0 Å². The Balaban J connectivity index is 1.46. The minimum Gasteiger partial charge on any atom is -0.361 e. The second-order valence-corrected chi connectivity index (χ2v) is 10.3. The monoisotopic (exact) mass is 419 g/mol. The fourth-order valence-electron chi connectivity index (χ4n) is 4.43. The summed E-state index contributed by atoms with van der Waals surface area (Å²) in [7, 11) is 1.74. The third-order valence-electron chi connectivity index (χ3n) is 6.08. The van der Waals surface area contributed by atoms with Crippen molar-refractivity contribution >= 4 is 17.5 Å². The fourth-order valence-corrected chi connectivity index (χ4v) is 4.64. The number of carbonyl (C=O) groups is 1. The third kappa shape index (κ3) is 3.94. The summed E-state index contributed by atoms with van der Waals surface area (Å²) in [6, 6.07) is 1.78. The molecule has 1 amide bonds. The van der Waals surface area contributed by atoms with Gasteiger partial charge < -0.3 is 14.3 Å². The summed E-state index contributed by atoms with van der Waals surface area (Å²) in [5, 5.41) is 8.79. The summed E-state index contributed by atoms with van der Waals surface area (Å²) < 4.78 is 6.70. The van der Waals surface area contributed by atoms with Crippen molar-refractivity contribution in [1.29, 1.82) is 0 Å². The van der Waals surface area contributed by atoms with E-state index in [0.29, 0.717) is 33.3 Å². The van der Waals surface area contributed by atoms with Crippen LogP contribution in [0.4, 0.5) is 0 Å². The topological polar surface area (TPSA) is 67.4 Å². The molecule has 0 aliphatic carbocycles. The Morgan fingerprint density at radius 2 is 2.03 bits per heavy atom. The first-order chi connectivity index (χ1) is 13.6. The number of hydrogen-bond acceptors (Lipinski definition) is 5. The molecule has 0 N–H and O–H groups in total. The van der Waals surface area contributed by atoms with Crippen LogP contribution >= 0.6 is 11.6 Å². The van der Waals surface area contributed by atoms with Gasteiger partial charge in [0, 0.05) is 44.7 Å². The smallest absolute Gasteiger partial charge is 0.259 e. The van der Waals surface area contributed by atoms with Gasteiger partial charge in [-0.25, -0.2) is 0 Å². The molecule has 0 unspecified atom stereocenters. The maximum Gasteiger partial charge on any atom is 0.259 e. The molecule has 0 bridgehead atoms. The molecule has 0 aromatic carbocycles. The molecular weight excluding hydrogens is 390 g/mol. The molecule has 7 nitrogen and oxygen atoms in total. The molecule has 29 heavy (non-hydrogen) atoms. The van der Waals surface area contributed by atoms with Gasteiger partial charge in [0.2, 0.25) is 0 Å². The summed E-state index contributed by atoms with van der Waals surface area (Å²) in [4.78, 5) is 17.8. The van der Waals surface area contributed by atoms with Crippen LogP contribution in [0.5, 0.6) is 0 Å². The third-order valence-corrected chi connectivity index (χ3v) is 6.52. The minimum atomic E-state index is -0.0660. The lowest BCUT2D eigenvalue weighted by molar-refractivity contribution is 0.00251. The number of rotatable bonds is 4. The summed E-state index contributed by atoms with van der Waals surface area (Å²) in [6.45, 7) is 13.5. The quantitative estimate of drug-likeness (QED) is 0.757. The van der Waals surface area contributed by atoms with Crippen LogP contribution in [0.25, 0.3) is 11.4 Å². The van der Waals surface area contributed by atoms with Gasteiger partial charge in [0.15, 0.2) is 0 Å². The predicted molar refractivity (Wildman–Crippen MR) is 112 cm³/mol. The van der Waals surface area contributed by atoms with E-state index in [1.54, 1.807) is 13.1 Å². The van der Waals surface area contributed by atoms with Crippen LogP contribution in [0, 0.1) is 17.8 Å². The number of aromatic nitrogens is 3. The highest BCUT2D eigenvalue weighted by atomic mass is 35.5. The van der Waals surface area contributed by atoms with Crippen LogP contribution in [0.2, 0.25) is 5.15 Å². The number of amides is 1. The molecule has 2 aliphatic rings. The Labute approximate surface area is 177 Å². The van der Waals surface area contributed by atoms with Crippen molar-refractivity contribution in [2.45, 2.75) is 40.5 Å². The van der Waals surface area contributed by atoms with Crippen LogP contribution in [-0.4, -0.2) is 63.4 Å². The average Bonchev–Trinajstić information content (AvgIpc) is 3.29. The van der Waals surface area contributed by atoms with Gasteiger partial charge in [0.25, 0.3) is 5.91 Å². The predicted octanol–water partition coefficient (Wildman–Crippen LogP) is 3.62. The standard InChI is InChI=1S/C21H30ClN5O2/c1-14-10-15(24-29-14)17-16(18(22)25(5)23-17)19(28)27-9-7-21(13-27)11-26(12-21)8-6-20(2,3)4/h10H,6-9,11-13H2,1-5H3. The van der Waals surface area contributed by atoms with E-state index in [2.05, 4.69) is 35.9 Å². The number of nitrogens with zero attached hydrogens (tertiary/aromatic N) is 5. The van der Waals surface area contributed by atoms with Crippen LogP contribution in [0.1, 0.15) is 49.7 Å².